The molecule has 1 N–H and O–H groups in total. The van der Waals surface area contributed by atoms with Crippen LogP contribution in [0.5, 0.6) is 0 Å². The van der Waals surface area contributed by atoms with Crippen molar-refractivity contribution >= 4 is 35.0 Å². The van der Waals surface area contributed by atoms with Crippen LogP contribution in [-0.4, -0.2) is 10.9 Å². The maximum atomic E-state index is 13.1. The molecular weight excluding hydrogens is 480 g/mol. The zero-order chi connectivity index (χ0) is 26.6. The molecule has 0 saturated carbocycles. The SMILES string of the molecule is CC(C)CCC1=CC(=CC2=C(O)C(=Cc3cc(CCC(C)C)[s+]c(C(C)C)c3)C2=O)C=C(C(C)C)S1. The second-order valence-electron chi connectivity index (χ2n) is 11.5. The average molecular weight is 524 g/mol. The van der Waals surface area contributed by atoms with E-state index in [0.717, 1.165) is 36.8 Å². The molecule has 36 heavy (non-hydrogen) atoms. The van der Waals surface area contributed by atoms with Gasteiger partial charge in [0.15, 0.2) is 0 Å². The summed E-state index contributed by atoms with van der Waals surface area (Å²) in [6.07, 6.45) is 12.5. The molecule has 1 aliphatic heterocycles. The van der Waals surface area contributed by atoms with Crippen LogP contribution < -0.4 is 0 Å². The Morgan fingerprint density at radius 3 is 2.14 bits per heavy atom. The maximum Gasteiger partial charge on any atom is 0.218 e. The Balaban J connectivity index is 1.91. The monoisotopic (exact) mass is 523 g/mol. The van der Waals surface area contributed by atoms with Crippen molar-refractivity contribution in [2.24, 2.45) is 17.8 Å². The smallest absolute Gasteiger partial charge is 0.218 e. The van der Waals surface area contributed by atoms with Crippen molar-refractivity contribution in [2.45, 2.75) is 87.0 Å². The van der Waals surface area contributed by atoms with E-state index in [0.29, 0.717) is 34.8 Å². The summed E-state index contributed by atoms with van der Waals surface area (Å²) in [5.74, 6) is 2.20. The number of aryl methyl sites for hydroxylation is 1. The van der Waals surface area contributed by atoms with Gasteiger partial charge in [-0.05, 0) is 82.3 Å². The van der Waals surface area contributed by atoms with Gasteiger partial charge in [-0.1, -0.05) is 67.2 Å². The zero-order valence-electron chi connectivity index (χ0n) is 23.3. The second-order valence-corrected chi connectivity index (χ2v) is 13.9. The molecule has 0 unspecified atom stereocenters. The van der Waals surface area contributed by atoms with Gasteiger partial charge >= 0.3 is 0 Å². The summed E-state index contributed by atoms with van der Waals surface area (Å²) in [6.45, 7) is 17.8. The van der Waals surface area contributed by atoms with Crippen LogP contribution in [0.4, 0.5) is 0 Å². The van der Waals surface area contributed by atoms with E-state index < -0.39 is 0 Å². The van der Waals surface area contributed by atoms with Crippen LogP contribution >= 0.6 is 23.1 Å². The van der Waals surface area contributed by atoms with Gasteiger partial charge in [0.05, 0.1) is 11.1 Å². The van der Waals surface area contributed by atoms with Gasteiger partial charge in [-0.25, -0.2) is 0 Å². The molecule has 1 aromatic heterocycles. The number of Topliss-reactive ketones (excluding diaryl/α,β-unsaturated/α-hetero) is 1. The van der Waals surface area contributed by atoms with Crippen molar-refractivity contribution in [1.29, 1.82) is 0 Å². The Morgan fingerprint density at radius 2 is 1.56 bits per heavy atom. The third-order valence-corrected chi connectivity index (χ3v) is 9.29. The summed E-state index contributed by atoms with van der Waals surface area (Å²) in [5.41, 5.74) is 2.85. The molecule has 0 saturated heterocycles. The van der Waals surface area contributed by atoms with Gasteiger partial charge in [-0.15, -0.1) is 0 Å². The summed E-state index contributed by atoms with van der Waals surface area (Å²) in [7, 11) is 0. The van der Waals surface area contributed by atoms with E-state index in [-0.39, 0.29) is 11.5 Å². The van der Waals surface area contributed by atoms with E-state index in [1.807, 2.05) is 35.3 Å². The van der Waals surface area contributed by atoms with E-state index in [2.05, 4.69) is 79.7 Å². The van der Waals surface area contributed by atoms with Crippen molar-refractivity contribution in [3.05, 3.63) is 78.0 Å². The minimum atomic E-state index is -0.0720. The van der Waals surface area contributed by atoms with Crippen LogP contribution in [0.1, 0.15) is 95.9 Å². The predicted octanol–water partition coefficient (Wildman–Crippen LogP) is 10.1. The van der Waals surface area contributed by atoms with E-state index in [1.165, 1.54) is 19.6 Å². The topological polar surface area (TPSA) is 37.3 Å². The van der Waals surface area contributed by atoms with Gasteiger partial charge in [-0.3, -0.25) is 4.79 Å². The summed E-state index contributed by atoms with van der Waals surface area (Å²) in [6, 6.07) is 4.35. The largest absolute Gasteiger partial charge is 0.506 e. The van der Waals surface area contributed by atoms with Gasteiger partial charge in [0.2, 0.25) is 26.9 Å². The van der Waals surface area contributed by atoms with Gasteiger partial charge in [-0.2, -0.15) is 0 Å². The molecule has 2 heterocycles. The number of carbonyl (C=O) groups excluding carboxylic acids is 1. The number of hydrogen-bond acceptors (Lipinski definition) is 3. The molecule has 1 aliphatic carbocycles. The third kappa shape index (κ3) is 7.55. The fourth-order valence-corrected chi connectivity index (χ4v) is 6.39. The van der Waals surface area contributed by atoms with Crippen LogP contribution in [0.3, 0.4) is 0 Å². The molecule has 0 fully saturated rings. The van der Waals surface area contributed by atoms with Gasteiger partial charge in [0, 0.05) is 24.5 Å². The second kappa shape index (κ2) is 12.6. The van der Waals surface area contributed by atoms with Crippen LogP contribution in [0.2, 0.25) is 0 Å². The van der Waals surface area contributed by atoms with Crippen LogP contribution in [0.25, 0.3) is 6.08 Å². The standard InChI is InChI=1S/C32H42O2S2/c1-19(2)9-11-25-13-23(17-29(35-25)21(5)6)15-27-31(33)28(32(27)34)16-24-14-26(12-10-20(3)4)36-30(18-24)22(7)8/h13-22H,9-12H2,1-8H3/p+1. The first-order chi connectivity index (χ1) is 16.9. The third-order valence-electron chi connectivity index (χ3n) is 6.47. The van der Waals surface area contributed by atoms with Crippen molar-refractivity contribution in [3.8, 4) is 0 Å². The maximum absolute atomic E-state index is 13.1. The summed E-state index contributed by atoms with van der Waals surface area (Å²) in [4.78, 5) is 18.4. The molecule has 3 rings (SSSR count). The Morgan fingerprint density at radius 1 is 0.889 bits per heavy atom. The van der Waals surface area contributed by atoms with E-state index >= 15 is 0 Å². The highest BCUT2D eigenvalue weighted by atomic mass is 32.2. The molecule has 2 nitrogen and oxygen atoms in total. The van der Waals surface area contributed by atoms with Crippen molar-refractivity contribution in [1.82, 2.24) is 0 Å². The molecule has 0 aromatic carbocycles. The number of hydrogen-bond donors (Lipinski definition) is 1. The normalized spacial score (nSPS) is 18.7. The molecule has 1 aromatic rings. The number of rotatable bonds is 10. The fourth-order valence-electron chi connectivity index (χ4n) is 4.09. The van der Waals surface area contributed by atoms with E-state index in [9.17, 15) is 9.90 Å². The van der Waals surface area contributed by atoms with Crippen LogP contribution in [0, 0.1) is 17.8 Å². The molecule has 0 bridgehead atoms. The summed E-state index contributed by atoms with van der Waals surface area (Å²) >= 11 is 3.72. The Bertz CT molecular complexity index is 1140. The molecule has 0 atom stereocenters. The van der Waals surface area contributed by atoms with E-state index in [4.69, 9.17) is 0 Å². The average Bonchev–Trinajstić information content (AvgIpc) is 2.82. The first-order valence-corrected chi connectivity index (χ1v) is 15.1. The van der Waals surface area contributed by atoms with E-state index in [1.54, 1.807) is 0 Å². The lowest BCUT2D eigenvalue weighted by Gasteiger charge is -2.22. The van der Waals surface area contributed by atoms with Gasteiger partial charge < -0.3 is 5.11 Å². The number of aliphatic hydroxyl groups is 1. The molecule has 0 amide bonds. The highest BCUT2D eigenvalue weighted by Crippen LogP contribution is 2.41. The van der Waals surface area contributed by atoms with Crippen molar-refractivity contribution in [3.63, 3.8) is 0 Å². The minimum Gasteiger partial charge on any atom is -0.506 e. The molecule has 0 radical (unpaired) electrons. The number of aliphatic hydroxyl groups excluding tert-OH is 1. The first-order valence-electron chi connectivity index (χ1n) is 13.4. The number of ketones is 1. The van der Waals surface area contributed by atoms with Gasteiger partial charge in [0.25, 0.3) is 0 Å². The quantitative estimate of drug-likeness (QED) is 0.245. The lowest BCUT2D eigenvalue weighted by Crippen LogP contribution is -2.21. The molecule has 2 aliphatic rings. The summed E-state index contributed by atoms with van der Waals surface area (Å²) < 4.78 is 0. The van der Waals surface area contributed by atoms with Crippen molar-refractivity contribution in [2.75, 3.05) is 0 Å². The number of allylic oxidation sites excluding steroid dienone is 8. The molecular formula is C32H43O2S2+. The Hall–Kier alpha value is -1.91. The Labute approximate surface area is 227 Å². The lowest BCUT2D eigenvalue weighted by molar-refractivity contribution is -0.113. The highest BCUT2D eigenvalue weighted by molar-refractivity contribution is 8.06. The lowest BCUT2D eigenvalue weighted by atomic mass is 9.85. The fraction of sp³-hybridized carbons (Fsp3) is 0.500. The molecule has 0 spiro atoms. The zero-order valence-corrected chi connectivity index (χ0v) is 24.9. The first kappa shape index (κ1) is 28.7. The highest BCUT2D eigenvalue weighted by Gasteiger charge is 2.33. The number of carbonyl (C=O) groups is 1. The molecule has 194 valence electrons. The summed E-state index contributed by atoms with van der Waals surface area (Å²) in [5, 5.41) is 10.9. The number of thioether (sulfide) groups is 1. The predicted molar refractivity (Wildman–Crippen MR) is 159 cm³/mol. The van der Waals surface area contributed by atoms with Crippen LogP contribution in [-0.2, 0) is 11.2 Å². The Kier molecular flexibility index (Phi) is 10.00. The van der Waals surface area contributed by atoms with Crippen LogP contribution in [0.15, 0.2) is 62.6 Å². The van der Waals surface area contributed by atoms with Gasteiger partial charge in [0.1, 0.15) is 5.76 Å². The molecule has 4 heteroatoms. The van der Waals surface area contributed by atoms with Crippen molar-refractivity contribution < 1.29 is 9.90 Å². The minimum absolute atomic E-state index is 0.0720.